The summed E-state index contributed by atoms with van der Waals surface area (Å²) in [4.78, 5) is 0. The highest BCUT2D eigenvalue weighted by atomic mass is 79.9. The summed E-state index contributed by atoms with van der Waals surface area (Å²) in [5.41, 5.74) is 7.43. The van der Waals surface area contributed by atoms with Gasteiger partial charge in [0, 0.05) is 27.0 Å². The predicted molar refractivity (Wildman–Crippen MR) is 120 cm³/mol. The van der Waals surface area contributed by atoms with Crippen molar-refractivity contribution in [2.75, 3.05) is 5.32 Å². The molecular formula is C24H17BrNSi. The van der Waals surface area contributed by atoms with Crippen LogP contribution in [-0.2, 0) is 0 Å². The molecule has 27 heavy (non-hydrogen) atoms. The number of hydrogen-bond acceptors (Lipinski definition) is 1. The molecule has 1 heterocycles. The van der Waals surface area contributed by atoms with Crippen LogP contribution in [0.2, 0.25) is 0 Å². The van der Waals surface area contributed by atoms with Crippen LogP contribution in [0.5, 0.6) is 0 Å². The Morgan fingerprint density at radius 1 is 0.519 bits per heavy atom. The Kier molecular flexibility index (Phi) is 5.23. The first-order chi connectivity index (χ1) is 13.2. The Bertz CT molecular complexity index is 988. The summed E-state index contributed by atoms with van der Waals surface area (Å²) in [6, 6.07) is 33.5. The number of fused-ring (bicyclic) bond motifs is 5. The van der Waals surface area contributed by atoms with E-state index < -0.39 is 0 Å². The molecular weight excluding hydrogens is 410 g/mol. The lowest BCUT2D eigenvalue weighted by atomic mass is 9.95. The van der Waals surface area contributed by atoms with Crippen molar-refractivity contribution in [1.29, 1.82) is 0 Å². The van der Waals surface area contributed by atoms with E-state index in [1.807, 2.05) is 24.3 Å². The fourth-order valence-corrected chi connectivity index (χ4v) is 3.63. The number of benzene rings is 4. The van der Waals surface area contributed by atoms with Gasteiger partial charge in [-0.25, -0.2) is 0 Å². The molecule has 5 rings (SSSR count). The van der Waals surface area contributed by atoms with Crippen LogP contribution < -0.4 is 10.5 Å². The Morgan fingerprint density at radius 3 is 1.37 bits per heavy atom. The predicted octanol–water partition coefficient (Wildman–Crippen LogP) is 6.32. The van der Waals surface area contributed by atoms with Gasteiger partial charge in [0.15, 0.2) is 0 Å². The van der Waals surface area contributed by atoms with Crippen LogP contribution in [0, 0.1) is 0 Å². The van der Waals surface area contributed by atoms with Crippen molar-refractivity contribution in [1.82, 2.24) is 0 Å². The third-order valence-electron chi connectivity index (χ3n) is 4.48. The van der Waals surface area contributed by atoms with Crippen molar-refractivity contribution in [2.45, 2.75) is 0 Å². The molecule has 3 radical (unpaired) electrons. The topological polar surface area (TPSA) is 12.0 Å². The van der Waals surface area contributed by atoms with Gasteiger partial charge in [-0.15, -0.1) is 0 Å². The van der Waals surface area contributed by atoms with Crippen molar-refractivity contribution in [3.05, 3.63) is 102 Å². The zero-order chi connectivity index (χ0) is 18.6. The number of para-hydroxylation sites is 2. The minimum atomic E-state index is 1.10. The zero-order valence-corrected chi connectivity index (χ0v) is 17.2. The Balaban J connectivity index is 0.000000190. The minimum Gasteiger partial charge on any atom is -0.355 e. The van der Waals surface area contributed by atoms with Gasteiger partial charge in [0.2, 0.25) is 0 Å². The number of hydrogen-bond donors (Lipinski definition) is 1. The Labute approximate surface area is 171 Å². The van der Waals surface area contributed by atoms with Crippen molar-refractivity contribution in [2.24, 2.45) is 0 Å². The molecule has 0 aliphatic carbocycles. The third kappa shape index (κ3) is 3.89. The lowest BCUT2D eigenvalue weighted by molar-refractivity contribution is 1.57. The minimum absolute atomic E-state index is 1.10. The highest BCUT2D eigenvalue weighted by Gasteiger charge is 2.17. The molecule has 0 aromatic heterocycles. The van der Waals surface area contributed by atoms with Gasteiger partial charge < -0.3 is 5.32 Å². The van der Waals surface area contributed by atoms with Gasteiger partial charge >= 0.3 is 0 Å². The summed E-state index contributed by atoms with van der Waals surface area (Å²) >= 11 is 3.32. The van der Waals surface area contributed by atoms with Crippen LogP contribution in [0.4, 0.5) is 11.4 Å². The first-order valence-corrected chi connectivity index (χ1v) is 10.0. The number of rotatable bonds is 0. The Hall–Kier alpha value is -2.62. The highest BCUT2D eigenvalue weighted by molar-refractivity contribution is 9.10. The summed E-state index contributed by atoms with van der Waals surface area (Å²) in [5, 5.41) is 4.65. The van der Waals surface area contributed by atoms with Crippen LogP contribution in [0.1, 0.15) is 0 Å². The molecule has 0 amide bonds. The molecule has 0 saturated carbocycles. The van der Waals surface area contributed by atoms with Crippen molar-refractivity contribution >= 4 is 42.7 Å². The summed E-state index contributed by atoms with van der Waals surface area (Å²) in [6.45, 7) is 0. The fraction of sp³-hybridized carbons (Fsp3) is 0. The quantitative estimate of drug-likeness (QED) is 0.285. The number of nitrogens with one attached hydrogen (secondary N) is 1. The van der Waals surface area contributed by atoms with Crippen LogP contribution in [0.15, 0.2) is 102 Å². The molecule has 1 aliphatic heterocycles. The summed E-state index contributed by atoms with van der Waals surface area (Å²) in [7, 11) is 3.37. The largest absolute Gasteiger partial charge is 0.355 e. The standard InChI is InChI=1S/C18H13N.C6H4BrSi/c1-2-8-14-13(7-1)15-9-3-5-11-17(15)19-18-12-6-4-10-16(14)18;7-5-1-3-6(8)4-2-5/h1-12,19H;1-4H. The molecule has 4 aromatic rings. The molecule has 1 aliphatic rings. The maximum Gasteiger partial charge on any atom is 0.0711 e. The molecule has 0 fully saturated rings. The van der Waals surface area contributed by atoms with E-state index in [1.54, 1.807) is 0 Å². The highest BCUT2D eigenvalue weighted by Crippen LogP contribution is 2.43. The van der Waals surface area contributed by atoms with Gasteiger partial charge in [0.25, 0.3) is 0 Å². The van der Waals surface area contributed by atoms with Crippen molar-refractivity contribution in [3.8, 4) is 22.3 Å². The van der Waals surface area contributed by atoms with Crippen LogP contribution in [0.3, 0.4) is 0 Å². The van der Waals surface area contributed by atoms with Crippen LogP contribution >= 0.6 is 15.9 Å². The molecule has 0 bridgehead atoms. The van der Waals surface area contributed by atoms with E-state index in [0.717, 1.165) is 9.66 Å². The van der Waals surface area contributed by atoms with E-state index in [-0.39, 0.29) is 0 Å². The van der Waals surface area contributed by atoms with E-state index in [2.05, 4.69) is 104 Å². The monoisotopic (exact) mass is 426 g/mol. The second-order valence-corrected chi connectivity index (χ2v) is 7.76. The Morgan fingerprint density at radius 2 is 0.926 bits per heavy atom. The molecule has 0 unspecified atom stereocenters. The lowest BCUT2D eigenvalue weighted by Crippen LogP contribution is -1.97. The molecule has 4 aromatic carbocycles. The van der Waals surface area contributed by atoms with Crippen molar-refractivity contribution < 1.29 is 0 Å². The first kappa shape index (κ1) is 17.8. The molecule has 0 saturated heterocycles. The average Bonchev–Trinajstić information content (AvgIpc) is 2.85. The normalized spacial score (nSPS) is 10.9. The van der Waals surface area contributed by atoms with Crippen molar-refractivity contribution in [3.63, 3.8) is 0 Å². The fourth-order valence-electron chi connectivity index (χ4n) is 3.20. The van der Waals surface area contributed by atoms with E-state index in [0.29, 0.717) is 0 Å². The van der Waals surface area contributed by atoms with Crippen LogP contribution in [0.25, 0.3) is 22.3 Å². The second kappa shape index (κ2) is 7.95. The molecule has 1 N–H and O–H groups in total. The second-order valence-electron chi connectivity index (χ2n) is 6.27. The smallest absolute Gasteiger partial charge is 0.0711 e. The molecule has 0 atom stereocenters. The number of anilines is 2. The van der Waals surface area contributed by atoms with Gasteiger partial charge in [-0.1, -0.05) is 93.9 Å². The van der Waals surface area contributed by atoms with E-state index >= 15 is 0 Å². The average molecular weight is 427 g/mol. The molecule has 3 heteroatoms. The summed E-state index contributed by atoms with van der Waals surface area (Å²) in [5.74, 6) is 0. The van der Waals surface area contributed by atoms with Gasteiger partial charge in [-0.05, 0) is 35.4 Å². The van der Waals surface area contributed by atoms with Gasteiger partial charge in [-0.3, -0.25) is 0 Å². The van der Waals surface area contributed by atoms with Gasteiger partial charge in [0.05, 0.1) is 10.2 Å². The summed E-state index contributed by atoms with van der Waals surface area (Å²) < 4.78 is 1.11. The van der Waals surface area contributed by atoms with E-state index in [9.17, 15) is 0 Å². The molecule has 1 nitrogen and oxygen atoms in total. The zero-order valence-electron chi connectivity index (χ0n) is 14.6. The lowest BCUT2D eigenvalue weighted by Gasteiger charge is -2.08. The maximum absolute atomic E-state index is 3.55. The molecule has 0 spiro atoms. The van der Waals surface area contributed by atoms with E-state index in [1.165, 1.54) is 33.6 Å². The number of halogens is 1. The van der Waals surface area contributed by atoms with Gasteiger partial charge in [0.1, 0.15) is 0 Å². The van der Waals surface area contributed by atoms with E-state index in [4.69, 9.17) is 0 Å². The first-order valence-electron chi connectivity index (χ1n) is 8.74. The third-order valence-corrected chi connectivity index (χ3v) is 5.34. The molecule has 129 valence electrons. The summed E-state index contributed by atoms with van der Waals surface area (Å²) in [6.07, 6.45) is 0. The van der Waals surface area contributed by atoms with Gasteiger partial charge in [-0.2, -0.15) is 0 Å². The SMILES string of the molecule is [Si]c1ccc(Br)cc1.c1ccc2c(c1)Nc1ccccc1-c1ccccc1-2. The maximum atomic E-state index is 3.55. The van der Waals surface area contributed by atoms with Crippen LogP contribution in [-0.4, -0.2) is 10.2 Å².